The van der Waals surface area contributed by atoms with Gasteiger partial charge in [-0.15, -0.1) is 0 Å². The first-order valence-corrected chi connectivity index (χ1v) is 9.35. The molecule has 0 unspecified atom stereocenters. The smallest absolute Gasteiger partial charge is 0.311 e. The Bertz CT molecular complexity index is 629. The number of esters is 1. The predicted molar refractivity (Wildman–Crippen MR) is 86.5 cm³/mol. The SMILES string of the molecule is COC(=O)C1(CCCCOS(=O)(=O)c2ccc(C)cc2)CCC1. The van der Waals surface area contributed by atoms with Crippen LogP contribution in [0.15, 0.2) is 29.2 Å². The monoisotopic (exact) mass is 340 g/mol. The van der Waals surface area contributed by atoms with Crippen LogP contribution in [-0.2, 0) is 23.8 Å². The van der Waals surface area contributed by atoms with E-state index in [0.29, 0.717) is 6.42 Å². The number of benzene rings is 1. The van der Waals surface area contributed by atoms with E-state index in [-0.39, 0.29) is 22.9 Å². The van der Waals surface area contributed by atoms with Gasteiger partial charge in [0.25, 0.3) is 10.1 Å². The van der Waals surface area contributed by atoms with E-state index in [0.717, 1.165) is 37.7 Å². The zero-order valence-electron chi connectivity index (χ0n) is 13.7. The summed E-state index contributed by atoms with van der Waals surface area (Å²) in [6, 6.07) is 6.58. The average molecular weight is 340 g/mol. The molecule has 1 aromatic carbocycles. The number of hydrogen-bond donors (Lipinski definition) is 0. The standard InChI is InChI=1S/C17H24O5S/c1-14-6-8-15(9-7-14)23(19,20)22-13-4-3-10-17(11-5-12-17)16(18)21-2/h6-9H,3-5,10-13H2,1-2H3. The summed E-state index contributed by atoms with van der Waals surface area (Å²) in [4.78, 5) is 12.0. The lowest BCUT2D eigenvalue weighted by Gasteiger charge is -2.38. The van der Waals surface area contributed by atoms with Crippen molar-refractivity contribution in [3.05, 3.63) is 29.8 Å². The molecule has 1 fully saturated rings. The van der Waals surface area contributed by atoms with E-state index >= 15 is 0 Å². The van der Waals surface area contributed by atoms with Gasteiger partial charge < -0.3 is 4.74 Å². The Balaban J connectivity index is 1.77. The maximum atomic E-state index is 12.0. The van der Waals surface area contributed by atoms with Crippen molar-refractivity contribution in [1.82, 2.24) is 0 Å². The van der Waals surface area contributed by atoms with Crippen molar-refractivity contribution in [3.63, 3.8) is 0 Å². The highest BCUT2D eigenvalue weighted by atomic mass is 32.2. The van der Waals surface area contributed by atoms with Crippen LogP contribution in [0.3, 0.4) is 0 Å². The van der Waals surface area contributed by atoms with Gasteiger partial charge in [0.1, 0.15) is 0 Å². The van der Waals surface area contributed by atoms with E-state index in [1.807, 2.05) is 6.92 Å². The molecule has 2 rings (SSSR count). The van der Waals surface area contributed by atoms with Gasteiger partial charge in [-0.05, 0) is 51.2 Å². The third kappa shape index (κ3) is 4.32. The first-order chi connectivity index (χ1) is 10.9. The minimum absolute atomic E-state index is 0.132. The minimum Gasteiger partial charge on any atom is -0.469 e. The number of methoxy groups -OCH3 is 1. The molecule has 1 aromatic rings. The highest BCUT2D eigenvalue weighted by molar-refractivity contribution is 7.86. The van der Waals surface area contributed by atoms with Gasteiger partial charge in [0.15, 0.2) is 0 Å². The van der Waals surface area contributed by atoms with Crippen LogP contribution in [0.25, 0.3) is 0 Å². The number of hydrogen-bond acceptors (Lipinski definition) is 5. The largest absolute Gasteiger partial charge is 0.469 e. The van der Waals surface area contributed by atoms with E-state index in [2.05, 4.69) is 0 Å². The number of carbonyl (C=O) groups excluding carboxylic acids is 1. The number of carbonyl (C=O) groups is 1. The van der Waals surface area contributed by atoms with Crippen molar-refractivity contribution in [2.45, 2.75) is 50.3 Å². The van der Waals surface area contributed by atoms with E-state index in [4.69, 9.17) is 8.92 Å². The van der Waals surface area contributed by atoms with Crippen LogP contribution in [0.2, 0.25) is 0 Å². The zero-order valence-corrected chi connectivity index (χ0v) is 14.5. The lowest BCUT2D eigenvalue weighted by atomic mass is 9.66. The Morgan fingerprint density at radius 3 is 2.35 bits per heavy atom. The van der Waals surface area contributed by atoms with Crippen LogP contribution in [0.5, 0.6) is 0 Å². The second-order valence-corrected chi connectivity index (χ2v) is 7.79. The molecule has 0 radical (unpaired) electrons. The molecule has 1 aliphatic rings. The van der Waals surface area contributed by atoms with Crippen LogP contribution in [0.1, 0.15) is 44.1 Å². The van der Waals surface area contributed by atoms with Crippen LogP contribution >= 0.6 is 0 Å². The minimum atomic E-state index is -3.70. The van der Waals surface area contributed by atoms with Gasteiger partial charge in [0.2, 0.25) is 0 Å². The van der Waals surface area contributed by atoms with E-state index in [1.165, 1.54) is 7.11 Å². The molecule has 5 nitrogen and oxygen atoms in total. The molecular weight excluding hydrogens is 316 g/mol. The van der Waals surface area contributed by atoms with Gasteiger partial charge >= 0.3 is 5.97 Å². The fraction of sp³-hybridized carbons (Fsp3) is 0.588. The molecule has 0 N–H and O–H groups in total. The van der Waals surface area contributed by atoms with E-state index in [9.17, 15) is 13.2 Å². The van der Waals surface area contributed by atoms with Crippen LogP contribution in [-0.4, -0.2) is 28.1 Å². The summed E-state index contributed by atoms with van der Waals surface area (Å²) in [6.07, 6.45) is 4.85. The molecule has 0 heterocycles. The summed E-state index contributed by atoms with van der Waals surface area (Å²) in [6.45, 7) is 2.03. The fourth-order valence-corrected chi connectivity index (χ4v) is 3.83. The van der Waals surface area contributed by atoms with Crippen molar-refractivity contribution < 1.29 is 22.1 Å². The molecule has 1 aliphatic carbocycles. The van der Waals surface area contributed by atoms with Crippen molar-refractivity contribution in [2.75, 3.05) is 13.7 Å². The molecule has 23 heavy (non-hydrogen) atoms. The van der Waals surface area contributed by atoms with Gasteiger partial charge in [-0.3, -0.25) is 8.98 Å². The lowest BCUT2D eigenvalue weighted by Crippen LogP contribution is -2.38. The third-order valence-electron chi connectivity index (χ3n) is 4.53. The highest BCUT2D eigenvalue weighted by Crippen LogP contribution is 2.46. The van der Waals surface area contributed by atoms with Gasteiger partial charge in [0.05, 0.1) is 24.0 Å². The Kier molecular flexibility index (Phi) is 5.81. The Labute approximate surface area is 138 Å². The molecule has 0 spiro atoms. The molecule has 1 saturated carbocycles. The Morgan fingerprint density at radius 1 is 1.17 bits per heavy atom. The first-order valence-electron chi connectivity index (χ1n) is 7.94. The van der Waals surface area contributed by atoms with Gasteiger partial charge in [-0.1, -0.05) is 24.1 Å². The highest BCUT2D eigenvalue weighted by Gasteiger charge is 2.44. The average Bonchev–Trinajstić information content (AvgIpc) is 2.49. The molecular formula is C17H24O5S. The summed E-state index contributed by atoms with van der Waals surface area (Å²) < 4.78 is 34.0. The Hall–Kier alpha value is -1.40. The molecule has 0 bridgehead atoms. The quantitative estimate of drug-likeness (QED) is 0.413. The Morgan fingerprint density at radius 2 is 1.83 bits per heavy atom. The molecule has 0 amide bonds. The fourth-order valence-electron chi connectivity index (χ4n) is 2.88. The van der Waals surface area contributed by atoms with Gasteiger partial charge in [0, 0.05) is 0 Å². The van der Waals surface area contributed by atoms with Crippen molar-refractivity contribution in [2.24, 2.45) is 5.41 Å². The second kappa shape index (κ2) is 7.45. The number of aryl methyl sites for hydroxylation is 1. The first kappa shape index (κ1) is 17.9. The van der Waals surface area contributed by atoms with Crippen molar-refractivity contribution in [3.8, 4) is 0 Å². The summed E-state index contributed by atoms with van der Waals surface area (Å²) in [5.74, 6) is -0.142. The maximum absolute atomic E-state index is 12.0. The molecule has 6 heteroatoms. The predicted octanol–water partition coefficient (Wildman–Crippen LogP) is 3.21. The van der Waals surface area contributed by atoms with Crippen LogP contribution < -0.4 is 0 Å². The summed E-state index contributed by atoms with van der Waals surface area (Å²) in [5.41, 5.74) is 0.655. The molecule has 0 saturated heterocycles. The lowest BCUT2D eigenvalue weighted by molar-refractivity contribution is -0.159. The summed E-state index contributed by atoms with van der Waals surface area (Å²) >= 11 is 0. The normalized spacial score (nSPS) is 16.6. The molecule has 0 aromatic heterocycles. The molecule has 0 atom stereocenters. The van der Waals surface area contributed by atoms with Gasteiger partial charge in [-0.25, -0.2) is 0 Å². The molecule has 0 aliphatic heterocycles. The summed E-state index contributed by atoms with van der Waals surface area (Å²) in [5, 5.41) is 0. The summed E-state index contributed by atoms with van der Waals surface area (Å²) in [7, 11) is -2.28. The number of rotatable bonds is 8. The number of ether oxygens (including phenoxy) is 1. The third-order valence-corrected chi connectivity index (χ3v) is 5.85. The van der Waals surface area contributed by atoms with Gasteiger partial charge in [-0.2, -0.15) is 8.42 Å². The zero-order chi connectivity index (χ0) is 16.9. The van der Waals surface area contributed by atoms with Crippen molar-refractivity contribution >= 4 is 16.1 Å². The van der Waals surface area contributed by atoms with Crippen LogP contribution in [0, 0.1) is 12.3 Å². The van der Waals surface area contributed by atoms with Crippen molar-refractivity contribution in [1.29, 1.82) is 0 Å². The topological polar surface area (TPSA) is 69.7 Å². The van der Waals surface area contributed by atoms with E-state index < -0.39 is 10.1 Å². The maximum Gasteiger partial charge on any atom is 0.311 e. The number of unbranched alkanes of at least 4 members (excludes halogenated alkanes) is 1. The van der Waals surface area contributed by atoms with Crippen LogP contribution in [0.4, 0.5) is 0 Å². The second-order valence-electron chi connectivity index (χ2n) is 6.17. The molecule has 128 valence electrons. The van der Waals surface area contributed by atoms with E-state index in [1.54, 1.807) is 24.3 Å².